The van der Waals surface area contributed by atoms with Gasteiger partial charge >= 0.3 is 81.3 Å². The molecule has 0 aromatic rings. The molecule has 0 radical (unpaired) electrons. The standard InChI is InChI=1S/2C2H5O.2ClO.Ti/c2*1-2-3;2*1-2;/h2*2H2,1H3;;;/q4*-1;+4. The summed E-state index contributed by atoms with van der Waals surface area (Å²) < 4.78 is 18.9. The summed E-state index contributed by atoms with van der Waals surface area (Å²) in [7, 11) is 0. The van der Waals surface area contributed by atoms with Crippen molar-refractivity contribution >= 4 is 23.7 Å². The number of halogens is 2. The van der Waals surface area contributed by atoms with Gasteiger partial charge in [-0.2, -0.15) is 0 Å². The van der Waals surface area contributed by atoms with Crippen molar-refractivity contribution in [1.29, 1.82) is 0 Å². The van der Waals surface area contributed by atoms with Crippen LogP contribution in [0.3, 0.4) is 0 Å². The summed E-state index contributed by atoms with van der Waals surface area (Å²) in [4.78, 5) is 0. The number of rotatable bonds is 6. The third-order valence-corrected chi connectivity index (χ3v) is 4.99. The first-order valence-electron chi connectivity index (χ1n) is 3.12. The molecule has 0 aliphatic heterocycles. The average molecular weight is 241 g/mol. The van der Waals surface area contributed by atoms with E-state index in [1.807, 2.05) is 0 Å². The predicted molar refractivity (Wildman–Crippen MR) is 37.1 cm³/mol. The molecule has 0 N–H and O–H groups in total. The molecule has 0 amide bonds. The van der Waals surface area contributed by atoms with E-state index in [4.69, 9.17) is 30.4 Å². The maximum absolute atomic E-state index is 5.11. The number of hydrogen-bond donors (Lipinski definition) is 0. The summed E-state index contributed by atoms with van der Waals surface area (Å²) >= 11 is 6.50. The van der Waals surface area contributed by atoms with Gasteiger partial charge in [0.05, 0.1) is 0 Å². The Balaban J connectivity index is 3.96. The van der Waals surface area contributed by atoms with Crippen LogP contribution in [-0.4, -0.2) is 13.2 Å². The van der Waals surface area contributed by atoms with E-state index in [9.17, 15) is 0 Å². The summed E-state index contributed by atoms with van der Waals surface area (Å²) in [5.74, 6) is 0. The van der Waals surface area contributed by atoms with E-state index in [1.54, 1.807) is 13.8 Å². The summed E-state index contributed by atoms with van der Waals surface area (Å²) in [6.07, 6.45) is 0. The van der Waals surface area contributed by atoms with Crippen LogP contribution in [0.25, 0.3) is 0 Å². The zero-order valence-electron chi connectivity index (χ0n) is 6.30. The zero-order valence-corrected chi connectivity index (χ0v) is 9.38. The molecule has 0 saturated carbocycles. The molecule has 4 nitrogen and oxygen atoms in total. The van der Waals surface area contributed by atoms with Gasteiger partial charge in [-0.15, -0.1) is 0 Å². The third kappa shape index (κ3) is 4.06. The van der Waals surface area contributed by atoms with Gasteiger partial charge < -0.3 is 0 Å². The topological polar surface area (TPSA) is 36.9 Å². The molecule has 0 fully saturated rings. The Morgan fingerprint density at radius 2 is 1.36 bits per heavy atom. The number of hydrogen-bond acceptors (Lipinski definition) is 4. The summed E-state index contributed by atoms with van der Waals surface area (Å²) in [6, 6.07) is 0. The van der Waals surface area contributed by atoms with Gasteiger partial charge in [-0.25, -0.2) is 0 Å². The van der Waals surface area contributed by atoms with Gasteiger partial charge in [0.2, 0.25) is 0 Å². The van der Waals surface area contributed by atoms with Crippen LogP contribution in [0.4, 0.5) is 0 Å². The first-order chi connectivity index (χ1) is 5.24. The molecule has 0 aromatic carbocycles. The van der Waals surface area contributed by atoms with Crippen molar-refractivity contribution in [2.75, 3.05) is 13.2 Å². The molecular weight excluding hydrogens is 231 g/mol. The second-order valence-electron chi connectivity index (χ2n) is 1.52. The van der Waals surface area contributed by atoms with Crippen molar-refractivity contribution in [2.24, 2.45) is 0 Å². The average Bonchev–Trinajstić information content (AvgIpc) is 2.04. The van der Waals surface area contributed by atoms with E-state index in [1.165, 1.54) is 0 Å². The fourth-order valence-corrected chi connectivity index (χ4v) is 3.17. The van der Waals surface area contributed by atoms with Crippen LogP contribution in [0.15, 0.2) is 0 Å². The minimum atomic E-state index is -3.71. The monoisotopic (exact) mass is 240 g/mol. The molecule has 0 bridgehead atoms. The Morgan fingerprint density at radius 3 is 1.55 bits per heavy atom. The molecule has 0 rings (SSSR count). The first kappa shape index (κ1) is 12.1. The van der Waals surface area contributed by atoms with Crippen molar-refractivity contribution in [3.8, 4) is 0 Å². The van der Waals surface area contributed by atoms with Crippen LogP contribution in [0.2, 0.25) is 0 Å². The molecule has 7 heteroatoms. The van der Waals surface area contributed by atoms with E-state index in [2.05, 4.69) is 5.74 Å². The van der Waals surface area contributed by atoms with Gasteiger partial charge in [0.25, 0.3) is 0 Å². The first-order valence-corrected chi connectivity index (χ1v) is 6.28. The van der Waals surface area contributed by atoms with Crippen LogP contribution in [-0.2, 0) is 30.5 Å². The molecule has 0 saturated heterocycles. The Bertz CT molecular complexity index is 92.1. The third-order valence-electron chi connectivity index (χ3n) is 0.831. The van der Waals surface area contributed by atoms with Crippen LogP contribution in [0, 0.1) is 0 Å². The van der Waals surface area contributed by atoms with Crippen LogP contribution >= 0.6 is 23.7 Å². The van der Waals surface area contributed by atoms with Crippen LogP contribution < -0.4 is 0 Å². The molecule has 11 heavy (non-hydrogen) atoms. The van der Waals surface area contributed by atoms with Gasteiger partial charge in [0.15, 0.2) is 0 Å². The second-order valence-corrected chi connectivity index (χ2v) is 5.74. The normalized spacial score (nSPS) is 12.0. The van der Waals surface area contributed by atoms with E-state index in [0.29, 0.717) is 13.2 Å². The minimum absolute atomic E-state index is 0.388. The zero-order chi connectivity index (χ0) is 8.74. The van der Waals surface area contributed by atoms with Crippen LogP contribution in [0.1, 0.15) is 13.8 Å². The van der Waals surface area contributed by atoms with Gasteiger partial charge in [-0.3, -0.25) is 0 Å². The second kappa shape index (κ2) is 6.63. The summed E-state index contributed by atoms with van der Waals surface area (Å²) in [5.41, 5.74) is 0. The summed E-state index contributed by atoms with van der Waals surface area (Å²) in [5, 5.41) is 0. The van der Waals surface area contributed by atoms with Crippen molar-refractivity contribution in [1.82, 2.24) is 0 Å². The van der Waals surface area contributed by atoms with Crippen molar-refractivity contribution < 1.29 is 30.5 Å². The van der Waals surface area contributed by atoms with E-state index in [0.717, 1.165) is 0 Å². The molecule has 0 aliphatic carbocycles. The Labute approximate surface area is 81.3 Å². The summed E-state index contributed by atoms with van der Waals surface area (Å²) in [6.45, 7) is 4.31. The van der Waals surface area contributed by atoms with Crippen molar-refractivity contribution in [3.05, 3.63) is 0 Å². The molecule has 0 heterocycles. The predicted octanol–water partition coefficient (Wildman–Crippen LogP) is 2.21. The van der Waals surface area contributed by atoms with Gasteiger partial charge in [0, 0.05) is 0 Å². The molecule has 0 unspecified atom stereocenters. The van der Waals surface area contributed by atoms with E-state index in [-0.39, 0.29) is 0 Å². The maximum atomic E-state index is 5.11. The SMILES string of the molecule is CC[O][Ti]([O]Cl)([O]Cl)[O]CC. The van der Waals surface area contributed by atoms with Crippen molar-refractivity contribution in [3.63, 3.8) is 0 Å². The molecule has 0 aromatic heterocycles. The van der Waals surface area contributed by atoms with Crippen LogP contribution in [0.5, 0.6) is 0 Å². The fraction of sp³-hybridized carbons (Fsp3) is 1.00. The molecule has 0 aliphatic rings. The van der Waals surface area contributed by atoms with Gasteiger partial charge in [-0.1, -0.05) is 0 Å². The van der Waals surface area contributed by atoms with Gasteiger partial charge in [0.1, 0.15) is 0 Å². The van der Waals surface area contributed by atoms with Crippen molar-refractivity contribution in [2.45, 2.75) is 13.8 Å². The Hall–Kier alpha value is 1.13. The quantitative estimate of drug-likeness (QED) is 0.668. The Kier molecular flexibility index (Phi) is 7.31. The molecular formula is C4H10Cl2O4Ti. The Morgan fingerprint density at radius 1 is 1.00 bits per heavy atom. The molecule has 68 valence electrons. The molecule has 0 spiro atoms. The fourth-order valence-electron chi connectivity index (χ4n) is 0.496. The molecule has 0 atom stereocenters. The van der Waals surface area contributed by atoms with Gasteiger partial charge in [-0.05, 0) is 0 Å². The van der Waals surface area contributed by atoms with E-state index < -0.39 is 18.1 Å². The van der Waals surface area contributed by atoms with E-state index >= 15 is 0 Å².